The maximum absolute atomic E-state index is 6.77. The van der Waals surface area contributed by atoms with Crippen molar-refractivity contribution in [1.29, 1.82) is 0 Å². The Morgan fingerprint density at radius 1 is 0.444 bits per heavy atom. The van der Waals surface area contributed by atoms with Crippen LogP contribution >= 0.6 is 0 Å². The normalized spacial score (nSPS) is 13.4. The minimum absolute atomic E-state index is 0.172. The van der Waals surface area contributed by atoms with E-state index in [9.17, 15) is 0 Å². The third-order valence-corrected chi connectivity index (χ3v) is 10.9. The van der Waals surface area contributed by atoms with Gasteiger partial charge in [-0.25, -0.2) is 15.0 Å². The van der Waals surface area contributed by atoms with E-state index in [-0.39, 0.29) is 5.41 Å². The van der Waals surface area contributed by atoms with Crippen molar-refractivity contribution in [1.82, 2.24) is 19.5 Å². The van der Waals surface area contributed by atoms with Crippen LogP contribution in [0.25, 0.3) is 72.8 Å². The average Bonchev–Trinajstić information content (AvgIpc) is 3.67. The van der Waals surface area contributed by atoms with Gasteiger partial charge in [-0.15, -0.1) is 0 Å². The third kappa shape index (κ3) is 4.56. The molecule has 54 heavy (non-hydrogen) atoms. The maximum atomic E-state index is 6.77. The van der Waals surface area contributed by atoms with Gasteiger partial charge in [-0.2, -0.15) is 0 Å². The van der Waals surface area contributed by atoms with Crippen molar-refractivity contribution in [3.05, 3.63) is 169 Å². The molecule has 2 aromatic heterocycles. The summed E-state index contributed by atoms with van der Waals surface area (Å²) in [7, 11) is 0. The van der Waals surface area contributed by atoms with Crippen LogP contribution in [0.3, 0.4) is 0 Å². The summed E-state index contributed by atoms with van der Waals surface area (Å²) in [5.41, 5.74) is 10.6. The number of fused-ring (bicyclic) bond motifs is 8. The summed E-state index contributed by atoms with van der Waals surface area (Å²) in [4.78, 5) is 15.1. The van der Waals surface area contributed by atoms with Crippen LogP contribution in [0.2, 0.25) is 0 Å². The van der Waals surface area contributed by atoms with E-state index < -0.39 is 0 Å². The van der Waals surface area contributed by atoms with Gasteiger partial charge in [0.15, 0.2) is 40.5 Å². The van der Waals surface area contributed by atoms with Crippen molar-refractivity contribution >= 4 is 21.8 Å². The van der Waals surface area contributed by atoms with Gasteiger partial charge in [-0.3, -0.25) is 0 Å². The molecule has 0 unspecified atom stereocenters. The quantitative estimate of drug-likeness (QED) is 0.183. The predicted octanol–water partition coefficient (Wildman–Crippen LogP) is 12.2. The van der Waals surface area contributed by atoms with E-state index >= 15 is 0 Å². The highest BCUT2D eigenvalue weighted by Crippen LogP contribution is 2.56. The molecular weight excluding hydrogens is 665 g/mol. The van der Waals surface area contributed by atoms with Gasteiger partial charge in [0.2, 0.25) is 0 Å². The second-order valence-corrected chi connectivity index (χ2v) is 14.4. The molecule has 6 heteroatoms. The number of aromatic nitrogens is 4. The lowest BCUT2D eigenvalue weighted by Gasteiger charge is -2.26. The average molecular weight is 697 g/mol. The molecule has 0 fully saturated rings. The highest BCUT2D eigenvalue weighted by Gasteiger charge is 2.37. The maximum Gasteiger partial charge on any atom is 0.181 e. The highest BCUT2D eigenvalue weighted by molar-refractivity contribution is 6.09. The molecule has 0 saturated heterocycles. The lowest BCUT2D eigenvalue weighted by molar-refractivity contribution is 0.360. The summed E-state index contributed by atoms with van der Waals surface area (Å²) in [5.74, 6) is 4.21. The summed E-state index contributed by atoms with van der Waals surface area (Å²) in [5, 5.41) is 2.45. The first-order valence-corrected chi connectivity index (χ1v) is 18.2. The summed E-state index contributed by atoms with van der Waals surface area (Å²) in [6.07, 6.45) is 0. The van der Waals surface area contributed by atoms with Crippen LogP contribution in [0.5, 0.6) is 23.0 Å². The first-order chi connectivity index (χ1) is 26.5. The van der Waals surface area contributed by atoms with Crippen LogP contribution in [0, 0.1) is 0 Å². The molecule has 0 spiro atoms. The summed E-state index contributed by atoms with van der Waals surface area (Å²) < 4.78 is 15.7. The molecule has 0 radical (unpaired) electrons. The van der Waals surface area contributed by atoms with Gasteiger partial charge in [0.25, 0.3) is 0 Å². The Morgan fingerprint density at radius 2 is 1.04 bits per heavy atom. The summed E-state index contributed by atoms with van der Waals surface area (Å²) in [6, 6.07) is 54.3. The van der Waals surface area contributed by atoms with Gasteiger partial charge in [0, 0.05) is 33.0 Å². The van der Waals surface area contributed by atoms with Crippen molar-refractivity contribution in [3.63, 3.8) is 0 Å². The highest BCUT2D eigenvalue weighted by atomic mass is 16.6. The van der Waals surface area contributed by atoms with E-state index in [4.69, 9.17) is 24.4 Å². The number of para-hydroxylation sites is 3. The number of rotatable bonds is 4. The van der Waals surface area contributed by atoms with Gasteiger partial charge in [-0.05, 0) is 82.9 Å². The molecule has 256 valence electrons. The second kappa shape index (κ2) is 11.5. The van der Waals surface area contributed by atoms with Crippen molar-refractivity contribution in [3.8, 4) is 74.0 Å². The van der Waals surface area contributed by atoms with Gasteiger partial charge in [0.1, 0.15) is 0 Å². The molecule has 0 amide bonds. The van der Waals surface area contributed by atoms with Gasteiger partial charge >= 0.3 is 0 Å². The first-order valence-electron chi connectivity index (χ1n) is 18.2. The SMILES string of the molecule is CC1(C)c2ccccc2-c2cc3c(cc21)Oc1c(cccc1-c1nc(-c2ccccc2)nc(-c2ccc(-n4c5ccccc5c5ccccc54)cc2)n1)O3. The van der Waals surface area contributed by atoms with Crippen LogP contribution in [0.4, 0.5) is 0 Å². The largest absolute Gasteiger partial charge is 0.449 e. The Morgan fingerprint density at radius 3 is 1.78 bits per heavy atom. The Labute approximate surface area is 312 Å². The van der Waals surface area contributed by atoms with Crippen LogP contribution in [0.15, 0.2) is 158 Å². The Kier molecular flexibility index (Phi) is 6.49. The molecule has 3 heterocycles. The minimum atomic E-state index is -0.172. The molecule has 0 N–H and O–H groups in total. The molecule has 0 atom stereocenters. The molecule has 7 aromatic carbocycles. The molecule has 9 aromatic rings. The Balaban J connectivity index is 1.02. The fourth-order valence-corrected chi connectivity index (χ4v) is 8.28. The van der Waals surface area contributed by atoms with E-state index in [0.29, 0.717) is 40.5 Å². The van der Waals surface area contributed by atoms with Crippen LogP contribution in [0.1, 0.15) is 25.0 Å². The zero-order valence-corrected chi connectivity index (χ0v) is 29.6. The fourth-order valence-electron chi connectivity index (χ4n) is 8.28. The van der Waals surface area contributed by atoms with E-state index in [1.54, 1.807) is 0 Å². The minimum Gasteiger partial charge on any atom is -0.449 e. The van der Waals surface area contributed by atoms with E-state index in [1.165, 1.54) is 33.0 Å². The molecule has 0 bridgehead atoms. The molecule has 6 nitrogen and oxygen atoms in total. The first kappa shape index (κ1) is 30.6. The number of nitrogens with zero attached hydrogens (tertiary/aromatic N) is 4. The van der Waals surface area contributed by atoms with Crippen LogP contribution in [-0.2, 0) is 5.41 Å². The van der Waals surface area contributed by atoms with Crippen molar-refractivity contribution in [2.45, 2.75) is 19.3 Å². The van der Waals surface area contributed by atoms with E-state index in [2.05, 4.69) is 128 Å². The number of benzene rings is 7. The molecule has 1 aliphatic carbocycles. The van der Waals surface area contributed by atoms with E-state index in [0.717, 1.165) is 33.4 Å². The molecule has 2 aliphatic rings. The monoisotopic (exact) mass is 696 g/mol. The number of hydrogen-bond acceptors (Lipinski definition) is 5. The van der Waals surface area contributed by atoms with Crippen molar-refractivity contribution in [2.24, 2.45) is 0 Å². The Hall–Kier alpha value is -7.05. The zero-order chi connectivity index (χ0) is 36.0. The molecule has 1 aliphatic heterocycles. The molecular formula is C48H32N4O2. The summed E-state index contributed by atoms with van der Waals surface area (Å²) >= 11 is 0. The van der Waals surface area contributed by atoms with Gasteiger partial charge < -0.3 is 14.0 Å². The van der Waals surface area contributed by atoms with E-state index in [1.807, 2.05) is 48.5 Å². The number of ether oxygens (including phenoxy) is 2. The Bertz CT molecular complexity index is 2910. The third-order valence-electron chi connectivity index (χ3n) is 10.9. The smallest absolute Gasteiger partial charge is 0.181 e. The molecule has 11 rings (SSSR count). The zero-order valence-electron chi connectivity index (χ0n) is 29.6. The standard InChI is InChI=1S/C48H32N4O2/c1-48(2)37-19-9-6-15-32(37)36-27-42-43(28-38(36)48)54-44-35(18-12-22-41(44)53-42)47-50-45(29-13-4-3-5-14-29)49-46(51-47)30-23-25-31(26-24-30)52-39-20-10-7-16-33(39)34-17-8-11-21-40(34)52/h3-28H,1-2H3. The fraction of sp³-hybridized carbons (Fsp3) is 0.0625. The lowest BCUT2D eigenvalue weighted by atomic mass is 9.82. The topological polar surface area (TPSA) is 62.1 Å². The van der Waals surface area contributed by atoms with Crippen LogP contribution in [-0.4, -0.2) is 19.5 Å². The van der Waals surface area contributed by atoms with Crippen molar-refractivity contribution < 1.29 is 9.47 Å². The second-order valence-electron chi connectivity index (χ2n) is 14.4. The van der Waals surface area contributed by atoms with Gasteiger partial charge in [0.05, 0.1) is 16.6 Å². The number of hydrogen-bond donors (Lipinski definition) is 0. The lowest BCUT2D eigenvalue weighted by Crippen LogP contribution is -2.15. The van der Waals surface area contributed by atoms with Crippen molar-refractivity contribution in [2.75, 3.05) is 0 Å². The van der Waals surface area contributed by atoms with Crippen LogP contribution < -0.4 is 9.47 Å². The van der Waals surface area contributed by atoms with Gasteiger partial charge in [-0.1, -0.05) is 111 Å². The molecule has 0 saturated carbocycles. The predicted molar refractivity (Wildman–Crippen MR) is 215 cm³/mol. The summed E-state index contributed by atoms with van der Waals surface area (Å²) in [6.45, 7) is 4.53.